The molecule has 0 amide bonds. The lowest BCUT2D eigenvalue weighted by atomic mass is 10.1. The predicted octanol–water partition coefficient (Wildman–Crippen LogP) is 3.51. The van der Waals surface area contributed by atoms with Crippen molar-refractivity contribution in [3.8, 4) is 0 Å². The number of nitrogens with zero attached hydrogens (tertiary/aromatic N) is 2. The number of nitrogens with two attached hydrogens (primary N) is 1. The number of hydrogen-bond donors (Lipinski definition) is 1. The number of nitrogen functional groups attached to an aromatic ring is 1. The fourth-order valence-corrected chi connectivity index (χ4v) is 2.90. The predicted molar refractivity (Wildman–Crippen MR) is 82.6 cm³/mol. The van der Waals surface area contributed by atoms with Gasteiger partial charge in [0.2, 0.25) is 0 Å². The number of anilines is 2. The van der Waals surface area contributed by atoms with Crippen LogP contribution in [-0.4, -0.2) is 12.0 Å². The molecule has 2 N–H and O–H groups in total. The van der Waals surface area contributed by atoms with Gasteiger partial charge in [0.1, 0.15) is 0 Å². The number of aromatic nitrogens is 1. The highest BCUT2D eigenvalue weighted by molar-refractivity contribution is 7.07. The first kappa shape index (κ1) is 12.0. The van der Waals surface area contributed by atoms with Crippen molar-refractivity contribution in [2.45, 2.75) is 6.54 Å². The summed E-state index contributed by atoms with van der Waals surface area (Å²) in [5, 5.41) is 5.27. The Hall–Kier alpha value is -2.07. The quantitative estimate of drug-likeness (QED) is 0.740. The number of benzene rings is 1. The number of thiophene rings is 1. The highest BCUT2D eigenvalue weighted by Crippen LogP contribution is 2.30. The molecule has 96 valence electrons. The molecule has 0 fully saturated rings. The van der Waals surface area contributed by atoms with E-state index in [1.807, 2.05) is 24.3 Å². The molecule has 2 aromatic heterocycles. The molecule has 1 aromatic carbocycles. The molecule has 0 aliphatic heterocycles. The van der Waals surface area contributed by atoms with E-state index in [4.69, 9.17) is 5.73 Å². The van der Waals surface area contributed by atoms with Gasteiger partial charge in [0.25, 0.3) is 0 Å². The number of rotatable bonds is 3. The third-order valence-corrected chi connectivity index (χ3v) is 3.95. The second-order valence-corrected chi connectivity index (χ2v) is 5.34. The molecular formula is C15H15N3S. The molecule has 0 radical (unpaired) electrons. The fraction of sp³-hybridized carbons (Fsp3) is 0.133. The van der Waals surface area contributed by atoms with Gasteiger partial charge >= 0.3 is 0 Å². The van der Waals surface area contributed by atoms with Gasteiger partial charge in [-0.1, -0.05) is 0 Å². The first-order valence-corrected chi connectivity index (χ1v) is 7.05. The zero-order chi connectivity index (χ0) is 13.2. The van der Waals surface area contributed by atoms with E-state index < -0.39 is 0 Å². The van der Waals surface area contributed by atoms with Crippen molar-refractivity contribution in [3.05, 3.63) is 52.9 Å². The summed E-state index contributed by atoms with van der Waals surface area (Å²) in [6.07, 6.45) is 1.79. The Morgan fingerprint density at radius 2 is 2.16 bits per heavy atom. The van der Waals surface area contributed by atoms with E-state index in [1.54, 1.807) is 17.5 Å². The van der Waals surface area contributed by atoms with Crippen LogP contribution < -0.4 is 10.6 Å². The van der Waals surface area contributed by atoms with Crippen molar-refractivity contribution < 1.29 is 0 Å². The normalized spacial score (nSPS) is 10.8. The standard InChI is InChI=1S/C15H15N3S/c1-18(9-11-6-8-19-10-11)14-5-4-13-12(15(14)16)3-2-7-17-13/h2-8,10H,9,16H2,1H3. The number of fused-ring (bicyclic) bond motifs is 1. The van der Waals surface area contributed by atoms with E-state index in [1.165, 1.54) is 5.56 Å². The van der Waals surface area contributed by atoms with Gasteiger partial charge in [-0.25, -0.2) is 0 Å². The van der Waals surface area contributed by atoms with Crippen LogP contribution in [0.15, 0.2) is 47.3 Å². The summed E-state index contributed by atoms with van der Waals surface area (Å²) in [6, 6.07) is 10.1. The van der Waals surface area contributed by atoms with Gasteiger partial charge in [-0.15, -0.1) is 0 Å². The highest BCUT2D eigenvalue weighted by Gasteiger charge is 2.09. The van der Waals surface area contributed by atoms with E-state index in [0.717, 1.165) is 28.8 Å². The monoisotopic (exact) mass is 269 g/mol. The molecule has 0 spiro atoms. The molecule has 0 saturated heterocycles. The van der Waals surface area contributed by atoms with E-state index in [2.05, 4.69) is 33.8 Å². The van der Waals surface area contributed by atoms with Crippen LogP contribution in [0.3, 0.4) is 0 Å². The van der Waals surface area contributed by atoms with E-state index >= 15 is 0 Å². The minimum atomic E-state index is 0.795. The van der Waals surface area contributed by atoms with Crippen LogP contribution in [-0.2, 0) is 6.54 Å². The van der Waals surface area contributed by atoms with Gasteiger partial charge < -0.3 is 10.6 Å². The van der Waals surface area contributed by atoms with Gasteiger partial charge in [0, 0.05) is 25.2 Å². The lowest BCUT2D eigenvalue weighted by Gasteiger charge is -2.21. The van der Waals surface area contributed by atoms with Crippen molar-refractivity contribution in [1.29, 1.82) is 0 Å². The van der Waals surface area contributed by atoms with E-state index in [-0.39, 0.29) is 0 Å². The zero-order valence-electron chi connectivity index (χ0n) is 10.7. The van der Waals surface area contributed by atoms with Gasteiger partial charge in [-0.3, -0.25) is 4.98 Å². The van der Waals surface area contributed by atoms with Crippen molar-refractivity contribution in [2.75, 3.05) is 17.7 Å². The van der Waals surface area contributed by atoms with Crippen LogP contribution in [0.4, 0.5) is 11.4 Å². The Kier molecular flexibility index (Phi) is 3.09. The van der Waals surface area contributed by atoms with Gasteiger partial charge in [-0.2, -0.15) is 11.3 Å². The smallest absolute Gasteiger partial charge is 0.0724 e. The molecule has 3 aromatic rings. The molecule has 3 nitrogen and oxygen atoms in total. The first-order chi connectivity index (χ1) is 9.25. The highest BCUT2D eigenvalue weighted by atomic mass is 32.1. The Labute approximate surface area is 116 Å². The average molecular weight is 269 g/mol. The molecule has 0 bridgehead atoms. The molecule has 0 aliphatic carbocycles. The molecular weight excluding hydrogens is 254 g/mol. The topological polar surface area (TPSA) is 42.2 Å². The Bertz CT molecular complexity index is 692. The van der Waals surface area contributed by atoms with Crippen molar-refractivity contribution >= 4 is 33.6 Å². The minimum Gasteiger partial charge on any atom is -0.396 e. The van der Waals surface area contributed by atoms with Crippen LogP contribution in [0, 0.1) is 0 Å². The van der Waals surface area contributed by atoms with Gasteiger partial charge in [-0.05, 0) is 46.7 Å². The Morgan fingerprint density at radius 3 is 2.95 bits per heavy atom. The van der Waals surface area contributed by atoms with Gasteiger partial charge in [0.15, 0.2) is 0 Å². The maximum atomic E-state index is 6.27. The summed E-state index contributed by atoms with van der Waals surface area (Å²) in [5.74, 6) is 0. The average Bonchev–Trinajstić information content (AvgIpc) is 2.92. The molecule has 3 rings (SSSR count). The molecule has 0 unspecified atom stereocenters. The fourth-order valence-electron chi connectivity index (χ4n) is 2.24. The number of hydrogen-bond acceptors (Lipinski definition) is 4. The van der Waals surface area contributed by atoms with Crippen LogP contribution in [0.5, 0.6) is 0 Å². The summed E-state index contributed by atoms with van der Waals surface area (Å²) >= 11 is 1.72. The largest absolute Gasteiger partial charge is 0.396 e. The summed E-state index contributed by atoms with van der Waals surface area (Å²) in [4.78, 5) is 6.49. The third kappa shape index (κ3) is 2.27. The molecule has 0 saturated carbocycles. The Balaban J connectivity index is 1.98. The van der Waals surface area contributed by atoms with Crippen LogP contribution in [0.25, 0.3) is 10.9 Å². The third-order valence-electron chi connectivity index (χ3n) is 3.21. The Morgan fingerprint density at radius 1 is 1.26 bits per heavy atom. The van der Waals surface area contributed by atoms with Crippen LogP contribution in [0.2, 0.25) is 0 Å². The lowest BCUT2D eigenvalue weighted by Crippen LogP contribution is -2.17. The summed E-state index contributed by atoms with van der Waals surface area (Å²) in [6.45, 7) is 0.861. The van der Waals surface area contributed by atoms with E-state index in [9.17, 15) is 0 Å². The minimum absolute atomic E-state index is 0.795. The van der Waals surface area contributed by atoms with Crippen molar-refractivity contribution in [1.82, 2.24) is 4.98 Å². The van der Waals surface area contributed by atoms with Crippen LogP contribution in [0.1, 0.15) is 5.56 Å². The maximum absolute atomic E-state index is 6.27. The molecule has 0 atom stereocenters. The van der Waals surface area contributed by atoms with E-state index in [0.29, 0.717) is 0 Å². The molecule has 19 heavy (non-hydrogen) atoms. The van der Waals surface area contributed by atoms with Crippen molar-refractivity contribution in [3.63, 3.8) is 0 Å². The number of pyridine rings is 1. The zero-order valence-corrected chi connectivity index (χ0v) is 11.5. The second-order valence-electron chi connectivity index (χ2n) is 4.56. The first-order valence-electron chi connectivity index (χ1n) is 6.11. The summed E-state index contributed by atoms with van der Waals surface area (Å²) in [7, 11) is 2.06. The van der Waals surface area contributed by atoms with Crippen LogP contribution >= 0.6 is 11.3 Å². The lowest BCUT2D eigenvalue weighted by molar-refractivity contribution is 0.930. The second kappa shape index (κ2) is 4.90. The molecule has 2 heterocycles. The molecule has 4 heteroatoms. The molecule has 0 aliphatic rings. The maximum Gasteiger partial charge on any atom is 0.0724 e. The van der Waals surface area contributed by atoms with Crippen molar-refractivity contribution in [2.24, 2.45) is 0 Å². The SMILES string of the molecule is CN(Cc1ccsc1)c1ccc2ncccc2c1N. The van der Waals surface area contributed by atoms with Gasteiger partial charge in [0.05, 0.1) is 16.9 Å². The summed E-state index contributed by atoms with van der Waals surface area (Å²) in [5.41, 5.74) is 10.4. The summed E-state index contributed by atoms with van der Waals surface area (Å²) < 4.78 is 0.